The highest BCUT2D eigenvalue weighted by Crippen LogP contribution is 2.33. The third-order valence-corrected chi connectivity index (χ3v) is 6.99. The maximum atomic E-state index is 14.2. The van der Waals surface area contributed by atoms with Gasteiger partial charge >= 0.3 is 0 Å². The molecule has 2 amide bonds. The number of halogens is 4. The summed E-state index contributed by atoms with van der Waals surface area (Å²) >= 11 is 0. The molecule has 5 aromatic rings. The number of H-pyrrole nitrogens is 1. The lowest BCUT2D eigenvalue weighted by Crippen LogP contribution is -2.31. The Morgan fingerprint density at radius 3 is 2.60 bits per heavy atom. The first-order valence-electron chi connectivity index (χ1n) is 14.5. The molecule has 0 aliphatic rings. The molecule has 0 unspecified atom stereocenters. The predicted octanol–water partition coefficient (Wildman–Crippen LogP) is 5.17. The minimum absolute atomic E-state index is 0.0331. The molecule has 0 aliphatic heterocycles. The highest BCUT2D eigenvalue weighted by Gasteiger charge is 2.19. The lowest BCUT2D eigenvalue weighted by molar-refractivity contribution is -0.122. The molecule has 0 spiro atoms. The van der Waals surface area contributed by atoms with Crippen molar-refractivity contribution in [3.05, 3.63) is 90.0 Å². The van der Waals surface area contributed by atoms with Crippen LogP contribution in [0, 0.1) is 11.6 Å². The maximum absolute atomic E-state index is 14.2. The molecule has 0 saturated carbocycles. The van der Waals surface area contributed by atoms with Gasteiger partial charge in [0, 0.05) is 23.8 Å². The van der Waals surface area contributed by atoms with E-state index in [2.05, 4.69) is 30.6 Å². The molecule has 5 rings (SSSR count). The van der Waals surface area contributed by atoms with Gasteiger partial charge in [-0.3, -0.25) is 20.0 Å². The van der Waals surface area contributed by atoms with Gasteiger partial charge in [0.2, 0.25) is 11.8 Å². The van der Waals surface area contributed by atoms with Crippen molar-refractivity contribution in [1.82, 2.24) is 30.7 Å². The summed E-state index contributed by atoms with van der Waals surface area (Å²) < 4.78 is 60.7. The number of alkyl halides is 2. The van der Waals surface area contributed by atoms with Crippen LogP contribution in [0.15, 0.2) is 66.9 Å². The van der Waals surface area contributed by atoms with Crippen LogP contribution in [0.3, 0.4) is 0 Å². The van der Waals surface area contributed by atoms with Crippen molar-refractivity contribution < 1.29 is 31.9 Å². The van der Waals surface area contributed by atoms with E-state index in [1.54, 1.807) is 36.5 Å². The van der Waals surface area contributed by atoms with Gasteiger partial charge in [-0.2, -0.15) is 0 Å². The highest BCUT2D eigenvalue weighted by molar-refractivity contribution is 5.87. The second-order valence-electron chi connectivity index (χ2n) is 10.3. The van der Waals surface area contributed by atoms with Gasteiger partial charge < -0.3 is 20.4 Å². The van der Waals surface area contributed by atoms with Crippen LogP contribution in [-0.2, 0) is 16.1 Å². The Kier molecular flexibility index (Phi) is 10.6. The Balaban J connectivity index is 1.35. The second-order valence-corrected chi connectivity index (χ2v) is 10.3. The smallest absolute Gasteiger partial charge is 0.280 e. The number of benzene rings is 2. The van der Waals surface area contributed by atoms with Crippen LogP contribution >= 0.6 is 0 Å². The lowest BCUT2D eigenvalue weighted by atomic mass is 10.1. The predicted molar refractivity (Wildman–Crippen MR) is 166 cm³/mol. The van der Waals surface area contributed by atoms with Crippen molar-refractivity contribution in [2.45, 2.75) is 32.2 Å². The summed E-state index contributed by atoms with van der Waals surface area (Å²) in [6.45, 7) is 0.367. The number of aromatic nitrogens is 4. The van der Waals surface area contributed by atoms with Gasteiger partial charge in [-0.25, -0.2) is 33.4 Å². The first-order valence-corrected chi connectivity index (χ1v) is 14.5. The van der Waals surface area contributed by atoms with Crippen molar-refractivity contribution in [3.63, 3.8) is 0 Å². The summed E-state index contributed by atoms with van der Waals surface area (Å²) in [5, 5.41) is 6.21. The van der Waals surface area contributed by atoms with E-state index in [0.717, 1.165) is 6.07 Å². The van der Waals surface area contributed by atoms with Gasteiger partial charge in [0.25, 0.3) is 6.43 Å². The number of nitrogens with two attached hydrogens (primary N) is 1. The number of aromatic amines is 1. The molecule has 3 heterocycles. The van der Waals surface area contributed by atoms with Crippen LogP contribution in [0.25, 0.3) is 33.5 Å². The van der Waals surface area contributed by atoms with Crippen molar-refractivity contribution in [2.24, 2.45) is 5.84 Å². The monoisotopic (exact) mass is 650 g/mol. The number of fused-ring (bicyclic) bond motifs is 1. The molecular weight excluding hydrogens is 620 g/mol. The molecule has 3 aromatic heterocycles. The Hall–Kier alpha value is -5.57. The summed E-state index contributed by atoms with van der Waals surface area (Å²) in [6.07, 6.45) is -0.561. The maximum Gasteiger partial charge on any atom is 0.280 e. The summed E-state index contributed by atoms with van der Waals surface area (Å²) in [7, 11) is 0. The summed E-state index contributed by atoms with van der Waals surface area (Å²) in [6, 6.07) is 15.1. The van der Waals surface area contributed by atoms with Crippen LogP contribution in [0.2, 0.25) is 0 Å². The molecular formula is C32H30F4N8O3. The van der Waals surface area contributed by atoms with Crippen LogP contribution < -0.4 is 26.6 Å². The highest BCUT2D eigenvalue weighted by atomic mass is 19.3. The molecule has 0 atom stereocenters. The Morgan fingerprint density at radius 2 is 1.79 bits per heavy atom. The van der Waals surface area contributed by atoms with E-state index in [1.165, 1.54) is 24.3 Å². The van der Waals surface area contributed by atoms with E-state index in [-0.39, 0.29) is 55.7 Å². The first-order chi connectivity index (χ1) is 22.7. The third kappa shape index (κ3) is 8.38. The summed E-state index contributed by atoms with van der Waals surface area (Å²) in [5.74, 6) is 3.18. The molecule has 0 aliphatic carbocycles. The largest absolute Gasteiger partial charge is 0.490 e. The van der Waals surface area contributed by atoms with E-state index in [0.29, 0.717) is 45.8 Å². The second kappa shape index (κ2) is 15.1. The number of nitrogens with one attached hydrogen (secondary N) is 4. The number of rotatable bonds is 14. The molecule has 2 aromatic carbocycles. The number of anilines is 1. The number of carbonyl (C=O) groups excluding carboxylic acids is 2. The van der Waals surface area contributed by atoms with Gasteiger partial charge in [-0.05, 0) is 48.9 Å². The zero-order valence-corrected chi connectivity index (χ0v) is 24.8. The molecule has 11 nitrogen and oxygen atoms in total. The zero-order chi connectivity index (χ0) is 33.3. The van der Waals surface area contributed by atoms with Gasteiger partial charge in [-0.15, -0.1) is 0 Å². The molecule has 0 saturated heterocycles. The van der Waals surface area contributed by atoms with E-state index in [4.69, 9.17) is 10.6 Å². The van der Waals surface area contributed by atoms with Crippen LogP contribution in [0.4, 0.5) is 23.2 Å². The standard InChI is InChI=1S/C32H30F4N8O3/c33-21-4-1-5-23(29(21)34)40-17-26-42-30(31(43-26)24-6-2-7-25(41-24)32(35)36)18-10-11-22-19(14-18)15-20(16-39-22)47-13-12-38-27(45)8-3-9-28(46)44-37/h1-2,4-7,10-11,14-16,32,40H,3,8-9,12-13,17,37H2,(H,38,45)(H,42,43)(H,44,46). The zero-order valence-electron chi connectivity index (χ0n) is 24.8. The van der Waals surface area contributed by atoms with E-state index < -0.39 is 23.8 Å². The summed E-state index contributed by atoms with van der Waals surface area (Å²) in [4.78, 5) is 39.4. The molecule has 0 radical (unpaired) electrons. The van der Waals surface area contributed by atoms with Gasteiger partial charge in [-0.1, -0.05) is 18.2 Å². The molecule has 0 bridgehead atoms. The third-order valence-electron chi connectivity index (χ3n) is 6.99. The molecule has 244 valence electrons. The minimum atomic E-state index is -2.79. The normalized spacial score (nSPS) is 11.1. The van der Waals surface area contributed by atoms with Crippen molar-refractivity contribution >= 4 is 28.4 Å². The molecule has 15 heteroatoms. The number of hydrazine groups is 1. The first kappa shape index (κ1) is 32.8. The number of imidazole rings is 1. The average molecular weight is 651 g/mol. The van der Waals surface area contributed by atoms with Gasteiger partial charge in [0.15, 0.2) is 11.6 Å². The molecule has 47 heavy (non-hydrogen) atoms. The number of nitrogens with zero attached hydrogens (tertiary/aromatic N) is 3. The fourth-order valence-electron chi connectivity index (χ4n) is 4.70. The Labute approximate surface area is 265 Å². The molecule has 0 fully saturated rings. The minimum Gasteiger partial charge on any atom is -0.490 e. The Morgan fingerprint density at radius 1 is 0.979 bits per heavy atom. The molecule has 6 N–H and O–H groups in total. The number of carbonyl (C=O) groups is 2. The number of hydrogen-bond acceptors (Lipinski definition) is 8. The summed E-state index contributed by atoms with van der Waals surface area (Å²) in [5.41, 5.74) is 3.74. The van der Waals surface area contributed by atoms with Gasteiger partial charge in [0.05, 0.1) is 47.6 Å². The fourth-order valence-corrected chi connectivity index (χ4v) is 4.70. The lowest BCUT2D eigenvalue weighted by Gasteiger charge is -2.09. The van der Waals surface area contributed by atoms with E-state index >= 15 is 0 Å². The topological polar surface area (TPSA) is 160 Å². The van der Waals surface area contributed by atoms with E-state index in [1.807, 2.05) is 5.43 Å². The Bertz CT molecular complexity index is 1890. The number of ether oxygens (including phenoxy) is 1. The number of hydrogen-bond donors (Lipinski definition) is 5. The number of amides is 2. The SMILES string of the molecule is NNC(=O)CCCC(=O)NCCOc1cnc2ccc(-c3nc(CNc4cccc(F)c4F)[nH]c3-c3cccc(C(F)F)n3)cc2c1. The van der Waals surface area contributed by atoms with Crippen molar-refractivity contribution in [3.8, 4) is 28.4 Å². The van der Waals surface area contributed by atoms with Crippen molar-refractivity contribution in [2.75, 3.05) is 18.5 Å². The van der Waals surface area contributed by atoms with Crippen molar-refractivity contribution in [1.29, 1.82) is 0 Å². The van der Waals surface area contributed by atoms with Crippen LogP contribution in [-0.4, -0.2) is 44.9 Å². The van der Waals surface area contributed by atoms with Gasteiger partial charge in [0.1, 0.15) is 23.9 Å². The fraction of sp³-hybridized carbons (Fsp3) is 0.219. The van der Waals surface area contributed by atoms with E-state index in [9.17, 15) is 27.2 Å². The van der Waals surface area contributed by atoms with Crippen LogP contribution in [0.1, 0.15) is 37.2 Å². The number of pyridine rings is 2. The van der Waals surface area contributed by atoms with Crippen LogP contribution in [0.5, 0.6) is 5.75 Å². The average Bonchev–Trinajstić information content (AvgIpc) is 3.51. The quantitative estimate of drug-likeness (QED) is 0.0362.